The van der Waals surface area contributed by atoms with Gasteiger partial charge in [-0.05, 0) is 99.1 Å². The zero-order valence-corrected chi connectivity index (χ0v) is 21.5. The number of para-hydroxylation sites is 1. The summed E-state index contributed by atoms with van der Waals surface area (Å²) < 4.78 is 0.305. The average Bonchev–Trinajstić information content (AvgIpc) is 2.68. The van der Waals surface area contributed by atoms with E-state index in [1.807, 2.05) is 0 Å². The van der Waals surface area contributed by atoms with Crippen LogP contribution in [0.4, 0.5) is 5.69 Å². The second-order valence-electron chi connectivity index (χ2n) is 6.06. The molecule has 0 aromatic heterocycles. The van der Waals surface area contributed by atoms with Crippen LogP contribution in [0.1, 0.15) is 16.7 Å². The van der Waals surface area contributed by atoms with Gasteiger partial charge in [-0.25, -0.2) is 0 Å². The Hall–Kier alpha value is -1.07. The zero-order chi connectivity index (χ0) is 21.5. The molecule has 0 radical (unpaired) electrons. The molecule has 0 atom stereocenters. The fourth-order valence-electron chi connectivity index (χ4n) is 2.97. The fourth-order valence-corrected chi connectivity index (χ4v) is 5.79. The van der Waals surface area contributed by atoms with E-state index in [2.05, 4.69) is 63.7 Å². The Balaban J connectivity index is 2.45. The van der Waals surface area contributed by atoms with Crippen LogP contribution < -0.4 is 0 Å². The molecule has 0 spiro atoms. The molecule has 0 saturated heterocycles. The van der Waals surface area contributed by atoms with Crippen LogP contribution in [-0.4, -0.2) is 15.1 Å². The largest absolute Gasteiger partial charge is 0.506 e. The first-order valence-corrected chi connectivity index (χ1v) is 11.5. The quantitative estimate of drug-likeness (QED) is 0.118. The summed E-state index contributed by atoms with van der Waals surface area (Å²) in [5, 5.41) is 32.0. The molecule has 29 heavy (non-hydrogen) atoms. The third-order valence-corrected chi connectivity index (χ3v) is 7.54. The van der Waals surface area contributed by atoms with Crippen LogP contribution in [0.15, 0.2) is 66.4 Å². The summed E-state index contributed by atoms with van der Waals surface area (Å²) in [7, 11) is 0. The molecule has 3 rings (SSSR count). The van der Waals surface area contributed by atoms with E-state index in [-0.39, 0.29) is 17.2 Å². The van der Waals surface area contributed by atoms with Crippen LogP contribution in [-0.2, 0) is 4.75 Å². The van der Waals surface area contributed by atoms with Gasteiger partial charge in [0.1, 0.15) is 11.5 Å². The van der Waals surface area contributed by atoms with Gasteiger partial charge in [0.15, 0.2) is 0 Å². The van der Waals surface area contributed by atoms with Crippen molar-refractivity contribution in [1.29, 1.82) is 0 Å². The lowest BCUT2D eigenvalue weighted by Gasteiger charge is -2.31. The minimum Gasteiger partial charge on any atom is -0.506 e. The first-order valence-electron chi connectivity index (χ1n) is 7.90. The lowest BCUT2D eigenvalue weighted by Crippen LogP contribution is -2.24. The van der Waals surface area contributed by atoms with Gasteiger partial charge in [0.05, 0.1) is 33.1 Å². The van der Waals surface area contributed by atoms with Gasteiger partial charge in [-0.15, -0.1) is 0 Å². The third-order valence-electron chi connectivity index (χ3n) is 4.36. The number of aromatic hydroxyl groups is 2. The van der Waals surface area contributed by atoms with Crippen LogP contribution in [0, 0.1) is 10.1 Å². The van der Waals surface area contributed by atoms with Crippen molar-refractivity contribution < 1.29 is 15.1 Å². The normalized spacial score (nSPS) is 11.5. The van der Waals surface area contributed by atoms with Crippen LogP contribution >= 0.6 is 76.3 Å². The Kier molecular flexibility index (Phi) is 6.69. The molecule has 3 aromatic carbocycles. The number of phenolic OH excluding ortho intramolecular Hbond substituents is 2. The number of hydrogen-bond donors (Lipinski definition) is 3. The minimum atomic E-state index is -1.29. The van der Waals surface area contributed by atoms with Crippen molar-refractivity contribution in [2.45, 2.75) is 4.75 Å². The molecule has 0 aliphatic carbocycles. The Bertz CT molecular complexity index is 1040. The van der Waals surface area contributed by atoms with Crippen molar-refractivity contribution in [3.63, 3.8) is 0 Å². The Morgan fingerprint density at radius 3 is 1.59 bits per heavy atom. The summed E-state index contributed by atoms with van der Waals surface area (Å²) in [6.07, 6.45) is 0. The summed E-state index contributed by atoms with van der Waals surface area (Å²) in [4.78, 5) is 11.3. The van der Waals surface area contributed by atoms with Gasteiger partial charge in [0.25, 0.3) is 5.69 Å². The number of halogens is 4. The van der Waals surface area contributed by atoms with E-state index in [1.54, 1.807) is 42.5 Å². The van der Waals surface area contributed by atoms with Gasteiger partial charge in [-0.2, -0.15) is 12.6 Å². The lowest BCUT2D eigenvalue weighted by atomic mass is 9.83. The van der Waals surface area contributed by atoms with Crippen molar-refractivity contribution in [2.75, 3.05) is 0 Å². The number of rotatable bonds is 4. The van der Waals surface area contributed by atoms with Gasteiger partial charge in [0, 0.05) is 6.07 Å². The molecule has 0 aliphatic heterocycles. The Labute approximate surface area is 205 Å². The number of hydrogen-bond acceptors (Lipinski definition) is 5. The van der Waals surface area contributed by atoms with Crippen molar-refractivity contribution >= 4 is 82.0 Å². The van der Waals surface area contributed by atoms with E-state index in [9.17, 15) is 20.3 Å². The molecule has 0 unspecified atom stereocenters. The van der Waals surface area contributed by atoms with E-state index in [1.165, 1.54) is 6.07 Å². The predicted molar refractivity (Wildman–Crippen MR) is 129 cm³/mol. The average molecular weight is 669 g/mol. The van der Waals surface area contributed by atoms with Gasteiger partial charge in [0.2, 0.25) is 0 Å². The molecular weight excluding hydrogens is 658 g/mol. The van der Waals surface area contributed by atoms with Gasteiger partial charge in [-0.1, -0.05) is 18.2 Å². The third kappa shape index (κ3) is 4.10. The lowest BCUT2D eigenvalue weighted by molar-refractivity contribution is -0.385. The molecule has 0 heterocycles. The van der Waals surface area contributed by atoms with Gasteiger partial charge in [-0.3, -0.25) is 10.1 Å². The number of nitrogens with zero attached hydrogens (tertiary/aromatic N) is 1. The second-order valence-corrected chi connectivity index (χ2v) is 10.1. The zero-order valence-electron chi connectivity index (χ0n) is 14.2. The smallest absolute Gasteiger partial charge is 0.274 e. The van der Waals surface area contributed by atoms with E-state index >= 15 is 0 Å². The van der Waals surface area contributed by atoms with Crippen LogP contribution in [0.2, 0.25) is 0 Å². The predicted octanol–water partition coefficient (Wildman–Crippen LogP) is 7.28. The standard InChI is InChI=1S/C19H11Br4NO4S/c20-12-5-9(6-13(21)17(12)25)19(29,10-7-14(22)18(26)15(23)8-10)11-3-1-2-4-16(11)24(27)28/h1-8,25-26,29H. The number of nitro benzene ring substituents is 1. The number of benzene rings is 3. The molecule has 0 bridgehead atoms. The highest BCUT2D eigenvalue weighted by atomic mass is 79.9. The van der Waals surface area contributed by atoms with Crippen molar-refractivity contribution in [2.24, 2.45) is 0 Å². The molecule has 150 valence electrons. The number of nitro groups is 1. The van der Waals surface area contributed by atoms with E-state index < -0.39 is 9.67 Å². The number of thiol groups is 1. The fraction of sp³-hybridized carbons (Fsp3) is 0.0526. The summed E-state index contributed by atoms with van der Waals surface area (Å²) in [5.41, 5.74) is 1.36. The Morgan fingerprint density at radius 2 is 1.21 bits per heavy atom. The van der Waals surface area contributed by atoms with Crippen LogP contribution in [0.5, 0.6) is 11.5 Å². The summed E-state index contributed by atoms with van der Waals surface area (Å²) in [6, 6.07) is 12.9. The molecule has 3 aromatic rings. The first kappa shape index (κ1) is 22.6. The van der Waals surface area contributed by atoms with Gasteiger partial charge >= 0.3 is 0 Å². The summed E-state index contributed by atoms with van der Waals surface area (Å²) in [5.74, 6) is 0.000115. The minimum absolute atomic E-state index is 0.0000574. The monoisotopic (exact) mass is 665 g/mol. The van der Waals surface area contributed by atoms with E-state index in [0.29, 0.717) is 34.6 Å². The topological polar surface area (TPSA) is 83.6 Å². The molecule has 0 saturated carbocycles. The van der Waals surface area contributed by atoms with E-state index in [0.717, 1.165) is 0 Å². The molecule has 2 N–H and O–H groups in total. The molecule has 0 amide bonds. The highest BCUT2D eigenvalue weighted by molar-refractivity contribution is 9.11. The van der Waals surface area contributed by atoms with E-state index in [4.69, 9.17) is 12.6 Å². The first-order chi connectivity index (χ1) is 13.6. The van der Waals surface area contributed by atoms with Gasteiger partial charge < -0.3 is 10.2 Å². The molecule has 10 heteroatoms. The molecule has 5 nitrogen and oxygen atoms in total. The second kappa shape index (κ2) is 8.58. The number of phenols is 2. The molecular formula is C19H11Br4NO4S. The summed E-state index contributed by atoms with van der Waals surface area (Å²) in [6.45, 7) is 0. The maximum Gasteiger partial charge on any atom is 0.274 e. The SMILES string of the molecule is O=[N+]([O-])c1ccccc1C(S)(c1cc(Br)c(O)c(Br)c1)c1cc(Br)c(O)c(Br)c1. The maximum atomic E-state index is 11.8. The highest BCUT2D eigenvalue weighted by Crippen LogP contribution is 2.50. The van der Waals surface area contributed by atoms with Crippen LogP contribution in [0.3, 0.4) is 0 Å². The van der Waals surface area contributed by atoms with Crippen molar-refractivity contribution in [3.05, 3.63) is 93.2 Å². The molecule has 0 aliphatic rings. The summed E-state index contributed by atoms with van der Waals surface area (Å²) >= 11 is 18.2. The van der Waals surface area contributed by atoms with Crippen molar-refractivity contribution in [1.82, 2.24) is 0 Å². The maximum absolute atomic E-state index is 11.8. The highest BCUT2D eigenvalue weighted by Gasteiger charge is 2.39. The molecule has 0 fully saturated rings. The Morgan fingerprint density at radius 1 is 0.828 bits per heavy atom. The van der Waals surface area contributed by atoms with Crippen molar-refractivity contribution in [3.8, 4) is 11.5 Å². The van der Waals surface area contributed by atoms with Crippen LogP contribution in [0.25, 0.3) is 0 Å².